The minimum Gasteiger partial charge on any atom is -0.382 e. The van der Waals surface area contributed by atoms with E-state index in [1.807, 2.05) is 0 Å². The summed E-state index contributed by atoms with van der Waals surface area (Å²) in [5.74, 6) is 0. The summed E-state index contributed by atoms with van der Waals surface area (Å²) in [6.07, 6.45) is 3.06. The Morgan fingerprint density at radius 3 is 2.42 bits per heavy atom. The van der Waals surface area contributed by atoms with Gasteiger partial charge in [-0.15, -0.1) is 0 Å². The first-order chi connectivity index (χ1) is 9.00. The maximum atomic E-state index is 13.0. The summed E-state index contributed by atoms with van der Waals surface area (Å²) in [5, 5.41) is 3.00. The first-order valence-corrected chi connectivity index (χ1v) is 6.46. The van der Waals surface area contributed by atoms with E-state index >= 15 is 0 Å². The van der Waals surface area contributed by atoms with Crippen molar-refractivity contribution in [3.63, 3.8) is 0 Å². The van der Waals surface area contributed by atoms with Gasteiger partial charge in [0.15, 0.2) is 0 Å². The lowest BCUT2D eigenvalue weighted by Crippen LogP contribution is -2.34. The molecule has 0 unspecified atom stereocenters. The Kier molecular flexibility index (Phi) is 4.10. The normalized spacial score (nSPS) is 21.5. The predicted molar refractivity (Wildman–Crippen MR) is 65.5 cm³/mol. The zero-order chi connectivity index (χ0) is 13.9. The average molecular weight is 271 g/mol. The maximum Gasteiger partial charge on any atom is 0.415 e. The molecule has 0 amide bonds. The first kappa shape index (κ1) is 13.9. The largest absolute Gasteiger partial charge is 0.415 e. The number of nitrogens with one attached hydrogen (secondary N) is 1. The fourth-order valence-corrected chi connectivity index (χ4v) is 2.54. The molecule has 1 N–H and O–H groups in total. The van der Waals surface area contributed by atoms with E-state index < -0.39 is 11.7 Å². The SMILES string of the molecule is [N-]=[N+]=C1C=CC(NC2CCCCC2)=C(C(F)(F)F)C1. The zero-order valence-corrected chi connectivity index (χ0v) is 10.5. The van der Waals surface area contributed by atoms with Gasteiger partial charge >= 0.3 is 6.18 Å². The van der Waals surface area contributed by atoms with Crippen LogP contribution in [-0.4, -0.2) is 22.7 Å². The van der Waals surface area contributed by atoms with Crippen LogP contribution >= 0.6 is 0 Å². The maximum absolute atomic E-state index is 13.0. The second-order valence-electron chi connectivity index (χ2n) is 4.97. The molecule has 2 rings (SSSR count). The van der Waals surface area contributed by atoms with Crippen molar-refractivity contribution in [1.29, 1.82) is 0 Å². The summed E-state index contributed by atoms with van der Waals surface area (Å²) in [4.78, 5) is 2.86. The molecule has 0 radical (unpaired) electrons. The average Bonchev–Trinajstić information content (AvgIpc) is 2.39. The van der Waals surface area contributed by atoms with E-state index in [2.05, 4.69) is 10.1 Å². The molecule has 0 saturated heterocycles. The Balaban J connectivity index is 2.20. The highest BCUT2D eigenvalue weighted by Gasteiger charge is 2.39. The van der Waals surface area contributed by atoms with Crippen LogP contribution in [0.15, 0.2) is 23.4 Å². The van der Waals surface area contributed by atoms with Crippen LogP contribution in [0.2, 0.25) is 0 Å². The van der Waals surface area contributed by atoms with Crippen molar-refractivity contribution < 1.29 is 18.0 Å². The predicted octanol–water partition coefficient (Wildman–Crippen LogP) is 3.36. The fraction of sp³-hybridized carbons (Fsp3) is 0.615. The minimum atomic E-state index is -4.41. The quantitative estimate of drug-likeness (QED) is 0.607. The van der Waals surface area contributed by atoms with Crippen LogP contribution in [-0.2, 0) is 0 Å². The lowest BCUT2D eigenvalue weighted by atomic mass is 9.93. The van der Waals surface area contributed by atoms with E-state index in [9.17, 15) is 13.2 Å². The molecule has 0 aromatic rings. The Labute approximate surface area is 109 Å². The van der Waals surface area contributed by atoms with E-state index in [4.69, 9.17) is 5.53 Å². The van der Waals surface area contributed by atoms with Gasteiger partial charge in [0.2, 0.25) is 0 Å². The third-order valence-corrected chi connectivity index (χ3v) is 3.56. The second kappa shape index (κ2) is 5.61. The molecule has 19 heavy (non-hydrogen) atoms. The van der Waals surface area contributed by atoms with Gasteiger partial charge in [-0.05, 0) is 18.9 Å². The molecular formula is C13H16F3N3. The highest BCUT2D eigenvalue weighted by atomic mass is 19.4. The number of allylic oxidation sites excluding steroid dienone is 3. The molecule has 1 saturated carbocycles. The van der Waals surface area contributed by atoms with E-state index in [0.29, 0.717) is 0 Å². The van der Waals surface area contributed by atoms with Gasteiger partial charge in [-0.1, -0.05) is 19.3 Å². The molecule has 0 spiro atoms. The first-order valence-electron chi connectivity index (χ1n) is 6.46. The van der Waals surface area contributed by atoms with Crippen LogP contribution in [0.1, 0.15) is 38.5 Å². The molecule has 3 nitrogen and oxygen atoms in total. The van der Waals surface area contributed by atoms with E-state index in [1.54, 1.807) is 0 Å². The summed E-state index contributed by atoms with van der Waals surface area (Å²) in [6, 6.07) is 0.110. The van der Waals surface area contributed by atoms with Crippen molar-refractivity contribution in [2.45, 2.75) is 50.7 Å². The van der Waals surface area contributed by atoms with Crippen LogP contribution in [0.4, 0.5) is 13.2 Å². The molecule has 104 valence electrons. The van der Waals surface area contributed by atoms with Crippen molar-refractivity contribution in [3.05, 3.63) is 29.0 Å². The summed E-state index contributed by atoms with van der Waals surface area (Å²) in [6.45, 7) is 0. The third-order valence-electron chi connectivity index (χ3n) is 3.56. The highest BCUT2D eigenvalue weighted by Crippen LogP contribution is 2.33. The monoisotopic (exact) mass is 271 g/mol. The van der Waals surface area contributed by atoms with Gasteiger partial charge in [0.25, 0.3) is 5.71 Å². The highest BCUT2D eigenvalue weighted by molar-refractivity contribution is 5.94. The van der Waals surface area contributed by atoms with Crippen molar-refractivity contribution in [3.8, 4) is 0 Å². The second-order valence-corrected chi connectivity index (χ2v) is 4.97. The van der Waals surface area contributed by atoms with Gasteiger partial charge in [-0.2, -0.15) is 18.0 Å². The molecule has 6 heteroatoms. The van der Waals surface area contributed by atoms with Crippen LogP contribution in [0.25, 0.3) is 5.53 Å². The molecule has 0 aliphatic heterocycles. The Morgan fingerprint density at radius 1 is 1.16 bits per heavy atom. The van der Waals surface area contributed by atoms with Crippen molar-refractivity contribution in [2.75, 3.05) is 0 Å². The molecule has 0 heterocycles. The molecule has 0 aromatic heterocycles. The summed E-state index contributed by atoms with van der Waals surface area (Å²) < 4.78 is 39.0. The lowest BCUT2D eigenvalue weighted by Gasteiger charge is -2.27. The molecule has 1 fully saturated rings. The molecule has 2 aliphatic rings. The van der Waals surface area contributed by atoms with Gasteiger partial charge in [0.1, 0.15) is 0 Å². The zero-order valence-electron chi connectivity index (χ0n) is 10.5. The Morgan fingerprint density at radius 2 is 1.84 bits per heavy atom. The standard InChI is InChI=1S/C13H16F3N3/c14-13(15,16)11-8-10(19-17)6-7-12(11)18-9-4-2-1-3-5-9/h6-7,9,18H,1-5,8H2. The smallest absolute Gasteiger partial charge is 0.382 e. The topological polar surface area (TPSA) is 48.4 Å². The summed E-state index contributed by atoms with van der Waals surface area (Å²) in [7, 11) is 0. The van der Waals surface area contributed by atoms with E-state index in [0.717, 1.165) is 32.1 Å². The number of hydrogen-bond donors (Lipinski definition) is 1. The number of alkyl halides is 3. The number of rotatable bonds is 2. The Hall–Kier alpha value is -1.55. The van der Waals surface area contributed by atoms with Crippen molar-refractivity contribution in [1.82, 2.24) is 5.32 Å². The van der Waals surface area contributed by atoms with Crippen LogP contribution in [0.3, 0.4) is 0 Å². The van der Waals surface area contributed by atoms with Crippen molar-refractivity contribution in [2.24, 2.45) is 0 Å². The minimum absolute atomic E-state index is 0.0292. The number of nitrogens with zero attached hydrogens (tertiary/aromatic N) is 2. The van der Waals surface area contributed by atoms with Crippen LogP contribution in [0.5, 0.6) is 0 Å². The summed E-state index contributed by atoms with van der Waals surface area (Å²) >= 11 is 0. The van der Waals surface area contributed by atoms with Gasteiger partial charge in [0.05, 0.1) is 12.0 Å². The Bertz CT molecular complexity index is 450. The van der Waals surface area contributed by atoms with Gasteiger partial charge in [-0.3, -0.25) is 0 Å². The molecule has 0 aromatic carbocycles. The molecule has 2 aliphatic carbocycles. The van der Waals surface area contributed by atoms with Gasteiger partial charge in [-0.25, -0.2) is 0 Å². The van der Waals surface area contributed by atoms with Gasteiger partial charge < -0.3 is 10.8 Å². The lowest BCUT2D eigenvalue weighted by molar-refractivity contribution is -0.0951. The van der Waals surface area contributed by atoms with Crippen molar-refractivity contribution >= 4 is 5.71 Å². The van der Waals surface area contributed by atoms with E-state index in [1.165, 1.54) is 12.2 Å². The van der Waals surface area contributed by atoms with Crippen LogP contribution < -0.4 is 5.32 Å². The van der Waals surface area contributed by atoms with E-state index in [-0.39, 0.29) is 23.9 Å². The summed E-state index contributed by atoms with van der Waals surface area (Å²) in [5.41, 5.74) is 8.10. The molecule has 0 atom stereocenters. The third kappa shape index (κ3) is 3.47. The molecule has 0 bridgehead atoms. The number of hydrogen-bond acceptors (Lipinski definition) is 1. The molecular weight excluding hydrogens is 255 g/mol. The number of halogens is 3. The van der Waals surface area contributed by atoms with Gasteiger partial charge in [0, 0.05) is 17.8 Å². The van der Waals surface area contributed by atoms with Crippen LogP contribution in [0, 0.1) is 0 Å². The fourth-order valence-electron chi connectivity index (χ4n) is 2.54.